The van der Waals surface area contributed by atoms with E-state index in [1.165, 1.54) is 24.8 Å². The van der Waals surface area contributed by atoms with Gasteiger partial charge in [-0.25, -0.2) is 0 Å². The van der Waals surface area contributed by atoms with E-state index in [1.807, 2.05) is 6.07 Å². The second kappa shape index (κ2) is 6.56. The summed E-state index contributed by atoms with van der Waals surface area (Å²) >= 11 is 0. The Hall–Kier alpha value is -1.33. The minimum Gasteiger partial charge on any atom is -0.306 e. The second-order valence-corrected chi connectivity index (χ2v) is 5.28. The topological polar surface area (TPSA) is 35.8 Å². The smallest absolute Gasteiger partial charge is 0.0672 e. The van der Waals surface area contributed by atoms with Gasteiger partial charge in [0.2, 0.25) is 0 Å². The van der Waals surface area contributed by atoms with Crippen LogP contribution in [0.15, 0.2) is 30.3 Å². The molecule has 0 heterocycles. The van der Waals surface area contributed by atoms with E-state index in [-0.39, 0.29) is 5.92 Å². The van der Waals surface area contributed by atoms with Crippen molar-refractivity contribution < 1.29 is 0 Å². The predicted molar refractivity (Wildman–Crippen MR) is 74.0 cm³/mol. The minimum atomic E-state index is 0.179. The van der Waals surface area contributed by atoms with Gasteiger partial charge in [-0.05, 0) is 25.3 Å². The van der Waals surface area contributed by atoms with Gasteiger partial charge >= 0.3 is 0 Å². The molecule has 1 N–H and O–H groups in total. The van der Waals surface area contributed by atoms with Gasteiger partial charge in [0.15, 0.2) is 0 Å². The highest BCUT2D eigenvalue weighted by Crippen LogP contribution is 2.25. The second-order valence-electron chi connectivity index (χ2n) is 5.28. The molecule has 0 radical (unpaired) electrons. The maximum atomic E-state index is 9.28. The van der Waals surface area contributed by atoms with E-state index in [1.54, 1.807) is 0 Å². The summed E-state index contributed by atoms with van der Waals surface area (Å²) in [7, 11) is 0. The average molecular weight is 242 g/mol. The van der Waals surface area contributed by atoms with E-state index in [0.717, 1.165) is 12.8 Å². The summed E-state index contributed by atoms with van der Waals surface area (Å²) in [6, 6.07) is 13.6. The summed E-state index contributed by atoms with van der Waals surface area (Å²) in [6.45, 7) is 2.19. The number of rotatable bonds is 3. The first-order valence-electron chi connectivity index (χ1n) is 7.02. The fourth-order valence-electron chi connectivity index (χ4n) is 2.82. The van der Waals surface area contributed by atoms with Crippen LogP contribution in [0.25, 0.3) is 0 Å². The Morgan fingerprint density at radius 2 is 1.89 bits per heavy atom. The summed E-state index contributed by atoms with van der Waals surface area (Å²) in [5, 5.41) is 12.9. The SMILES string of the molecule is C[C@H](NC1CCCCCC1C#N)c1ccccc1. The standard InChI is InChI=1S/C16H22N2/c1-13(14-8-4-2-5-9-14)18-16-11-7-3-6-10-15(16)12-17/h2,4-5,8-9,13,15-16,18H,3,6-7,10-11H2,1H3/t13-,15?,16?/m0/s1. The Labute approximate surface area is 110 Å². The number of nitriles is 1. The number of hydrogen-bond acceptors (Lipinski definition) is 2. The van der Waals surface area contributed by atoms with Crippen LogP contribution in [0.2, 0.25) is 0 Å². The quantitative estimate of drug-likeness (QED) is 0.818. The molecule has 18 heavy (non-hydrogen) atoms. The third-order valence-corrected chi connectivity index (χ3v) is 3.95. The highest BCUT2D eigenvalue weighted by atomic mass is 15.0. The maximum absolute atomic E-state index is 9.28. The molecule has 2 unspecified atom stereocenters. The summed E-state index contributed by atoms with van der Waals surface area (Å²) in [6.07, 6.45) is 5.91. The van der Waals surface area contributed by atoms with Gasteiger partial charge < -0.3 is 5.32 Å². The highest BCUT2D eigenvalue weighted by molar-refractivity contribution is 5.18. The van der Waals surface area contributed by atoms with E-state index in [0.29, 0.717) is 12.1 Å². The molecule has 0 bridgehead atoms. The van der Waals surface area contributed by atoms with Crippen molar-refractivity contribution in [3.05, 3.63) is 35.9 Å². The molecule has 96 valence electrons. The molecule has 0 amide bonds. The first-order valence-corrected chi connectivity index (χ1v) is 7.02. The predicted octanol–water partition coefficient (Wildman–Crippen LogP) is 3.81. The molecule has 1 fully saturated rings. The first-order chi connectivity index (χ1) is 8.81. The summed E-state index contributed by atoms with van der Waals surface area (Å²) in [5.74, 6) is 0.179. The van der Waals surface area contributed by atoms with Crippen LogP contribution < -0.4 is 5.32 Å². The zero-order valence-electron chi connectivity index (χ0n) is 11.1. The third kappa shape index (κ3) is 3.34. The molecule has 0 aromatic heterocycles. The van der Waals surface area contributed by atoms with Gasteiger partial charge in [0.25, 0.3) is 0 Å². The monoisotopic (exact) mass is 242 g/mol. The van der Waals surface area contributed by atoms with Crippen molar-refractivity contribution in [1.29, 1.82) is 5.26 Å². The largest absolute Gasteiger partial charge is 0.306 e. The molecule has 1 saturated carbocycles. The molecular weight excluding hydrogens is 220 g/mol. The fraction of sp³-hybridized carbons (Fsp3) is 0.562. The van der Waals surface area contributed by atoms with Crippen LogP contribution in [0.3, 0.4) is 0 Å². The Morgan fingerprint density at radius 1 is 1.17 bits per heavy atom. The van der Waals surface area contributed by atoms with Crippen LogP contribution in [-0.4, -0.2) is 6.04 Å². The van der Waals surface area contributed by atoms with Crippen molar-refractivity contribution in [3.8, 4) is 6.07 Å². The van der Waals surface area contributed by atoms with Crippen molar-refractivity contribution in [2.45, 2.75) is 51.1 Å². The maximum Gasteiger partial charge on any atom is 0.0672 e. The molecule has 1 aliphatic carbocycles. The van der Waals surface area contributed by atoms with Crippen molar-refractivity contribution in [1.82, 2.24) is 5.32 Å². The van der Waals surface area contributed by atoms with Gasteiger partial charge in [0, 0.05) is 12.1 Å². The van der Waals surface area contributed by atoms with E-state index >= 15 is 0 Å². The van der Waals surface area contributed by atoms with Crippen LogP contribution >= 0.6 is 0 Å². The van der Waals surface area contributed by atoms with E-state index in [2.05, 4.69) is 42.6 Å². The molecule has 1 aliphatic rings. The van der Waals surface area contributed by atoms with E-state index < -0.39 is 0 Å². The van der Waals surface area contributed by atoms with Crippen LogP contribution in [0.1, 0.15) is 50.6 Å². The van der Waals surface area contributed by atoms with Gasteiger partial charge in [-0.2, -0.15) is 5.26 Å². The Balaban J connectivity index is 2.00. The van der Waals surface area contributed by atoms with Crippen LogP contribution in [0.4, 0.5) is 0 Å². The molecule has 2 rings (SSSR count). The molecule has 1 aromatic rings. The summed E-state index contributed by atoms with van der Waals surface area (Å²) in [4.78, 5) is 0. The average Bonchev–Trinajstić information content (AvgIpc) is 2.64. The van der Waals surface area contributed by atoms with Gasteiger partial charge in [-0.1, -0.05) is 49.6 Å². The van der Waals surface area contributed by atoms with Crippen LogP contribution in [0.5, 0.6) is 0 Å². The molecule has 0 saturated heterocycles. The number of benzene rings is 1. The molecule has 2 nitrogen and oxygen atoms in total. The molecular formula is C16H22N2. The molecule has 0 spiro atoms. The van der Waals surface area contributed by atoms with Gasteiger partial charge in [0.1, 0.15) is 0 Å². The van der Waals surface area contributed by atoms with Crippen molar-refractivity contribution >= 4 is 0 Å². The normalized spacial score (nSPS) is 26.0. The molecule has 3 atom stereocenters. The van der Waals surface area contributed by atoms with E-state index in [4.69, 9.17) is 0 Å². The fourth-order valence-corrected chi connectivity index (χ4v) is 2.82. The number of hydrogen-bond donors (Lipinski definition) is 1. The Morgan fingerprint density at radius 3 is 2.61 bits per heavy atom. The van der Waals surface area contributed by atoms with Gasteiger partial charge in [-0.3, -0.25) is 0 Å². The highest BCUT2D eigenvalue weighted by Gasteiger charge is 2.24. The third-order valence-electron chi connectivity index (χ3n) is 3.95. The van der Waals surface area contributed by atoms with Crippen LogP contribution in [0, 0.1) is 17.2 Å². The zero-order chi connectivity index (χ0) is 12.8. The van der Waals surface area contributed by atoms with Crippen molar-refractivity contribution in [2.24, 2.45) is 5.92 Å². The number of nitrogens with one attached hydrogen (secondary N) is 1. The Bertz CT molecular complexity index is 393. The van der Waals surface area contributed by atoms with Crippen molar-refractivity contribution in [3.63, 3.8) is 0 Å². The lowest BCUT2D eigenvalue weighted by atomic mass is 9.95. The first kappa shape index (κ1) is 13.1. The lowest BCUT2D eigenvalue weighted by molar-refractivity contribution is 0.361. The summed E-state index contributed by atoms with van der Waals surface area (Å²) < 4.78 is 0. The van der Waals surface area contributed by atoms with Gasteiger partial charge in [-0.15, -0.1) is 0 Å². The van der Waals surface area contributed by atoms with Gasteiger partial charge in [0.05, 0.1) is 12.0 Å². The zero-order valence-corrected chi connectivity index (χ0v) is 11.1. The summed E-state index contributed by atoms with van der Waals surface area (Å²) in [5.41, 5.74) is 1.30. The lowest BCUT2D eigenvalue weighted by Gasteiger charge is -2.25. The van der Waals surface area contributed by atoms with E-state index in [9.17, 15) is 5.26 Å². The Kier molecular flexibility index (Phi) is 4.78. The molecule has 0 aliphatic heterocycles. The minimum absolute atomic E-state index is 0.179. The van der Waals surface area contributed by atoms with Crippen LogP contribution in [-0.2, 0) is 0 Å². The van der Waals surface area contributed by atoms with Crippen molar-refractivity contribution in [2.75, 3.05) is 0 Å². The lowest BCUT2D eigenvalue weighted by Crippen LogP contribution is -2.36. The number of nitrogens with zero attached hydrogens (tertiary/aromatic N) is 1. The molecule has 2 heteroatoms. The molecule has 1 aromatic carbocycles.